The van der Waals surface area contributed by atoms with Crippen LogP contribution in [0.2, 0.25) is 0 Å². The first-order valence-electron chi connectivity index (χ1n) is 10.0. The van der Waals surface area contributed by atoms with E-state index in [9.17, 15) is 27.9 Å². The Morgan fingerprint density at radius 1 is 0.970 bits per heavy atom. The van der Waals surface area contributed by atoms with Crippen LogP contribution in [-0.4, -0.2) is 71.9 Å². The van der Waals surface area contributed by atoms with Crippen molar-refractivity contribution in [2.45, 2.75) is 13.1 Å². The first kappa shape index (κ1) is 25.7. The Bertz CT molecular complexity index is 975. The SMILES string of the molecule is CCN1CCN(c2ccc(NC(=O)c3ccccc3)cc2C(=O)O)CC1.O=C(O)C(F)(F)F. The number of halogens is 3. The largest absolute Gasteiger partial charge is 0.490 e. The maximum Gasteiger partial charge on any atom is 0.490 e. The van der Waals surface area contributed by atoms with Crippen molar-refractivity contribution in [2.24, 2.45) is 0 Å². The van der Waals surface area contributed by atoms with Crippen LogP contribution in [0.4, 0.5) is 24.5 Å². The second-order valence-corrected chi connectivity index (χ2v) is 7.08. The van der Waals surface area contributed by atoms with Crippen LogP contribution in [-0.2, 0) is 4.79 Å². The third kappa shape index (κ3) is 7.49. The zero-order valence-electron chi connectivity index (χ0n) is 17.8. The Kier molecular flexibility index (Phi) is 8.80. The highest BCUT2D eigenvalue weighted by atomic mass is 19.4. The number of hydrogen-bond donors (Lipinski definition) is 3. The van der Waals surface area contributed by atoms with Crippen molar-refractivity contribution in [3.63, 3.8) is 0 Å². The molecule has 0 bridgehead atoms. The van der Waals surface area contributed by atoms with E-state index >= 15 is 0 Å². The van der Waals surface area contributed by atoms with Gasteiger partial charge in [-0.25, -0.2) is 9.59 Å². The number of carbonyl (C=O) groups is 3. The molecule has 0 atom stereocenters. The Labute approximate surface area is 188 Å². The third-order valence-corrected chi connectivity index (χ3v) is 4.92. The number of rotatable bonds is 5. The van der Waals surface area contributed by atoms with E-state index in [0.29, 0.717) is 16.9 Å². The minimum Gasteiger partial charge on any atom is -0.478 e. The molecule has 11 heteroatoms. The molecule has 8 nitrogen and oxygen atoms in total. The number of benzene rings is 2. The molecule has 1 heterocycles. The number of piperazine rings is 1. The lowest BCUT2D eigenvalue weighted by atomic mass is 10.1. The lowest BCUT2D eigenvalue weighted by molar-refractivity contribution is -0.192. The van der Waals surface area contributed by atoms with Gasteiger partial charge >= 0.3 is 18.1 Å². The van der Waals surface area contributed by atoms with Crippen molar-refractivity contribution < 1.29 is 37.8 Å². The molecule has 3 rings (SSSR count). The van der Waals surface area contributed by atoms with Gasteiger partial charge in [0.25, 0.3) is 5.91 Å². The summed E-state index contributed by atoms with van der Waals surface area (Å²) in [5, 5.41) is 19.5. The average Bonchev–Trinajstić information content (AvgIpc) is 2.79. The summed E-state index contributed by atoms with van der Waals surface area (Å²) >= 11 is 0. The van der Waals surface area contributed by atoms with Crippen LogP contribution >= 0.6 is 0 Å². The van der Waals surface area contributed by atoms with Gasteiger partial charge in [0.15, 0.2) is 0 Å². The standard InChI is InChI=1S/C20H23N3O3.C2HF3O2/c1-2-22-10-12-23(13-11-22)18-9-8-16(14-17(18)20(25)26)21-19(24)15-6-4-3-5-7-15;3-2(4,5)1(6)7/h3-9,14H,2,10-13H2,1H3,(H,21,24)(H,25,26);(H,6,7). The van der Waals surface area contributed by atoms with E-state index in [0.717, 1.165) is 32.7 Å². The number of carboxylic acid groups (broad SMARTS) is 2. The maximum atomic E-state index is 12.3. The summed E-state index contributed by atoms with van der Waals surface area (Å²) in [6.07, 6.45) is -5.08. The molecule has 0 aliphatic carbocycles. The molecule has 2 aromatic carbocycles. The van der Waals surface area contributed by atoms with Crippen molar-refractivity contribution in [2.75, 3.05) is 42.9 Å². The summed E-state index contributed by atoms with van der Waals surface area (Å²) in [5.41, 5.74) is 1.92. The number of alkyl halides is 3. The van der Waals surface area contributed by atoms with Gasteiger partial charge in [-0.15, -0.1) is 0 Å². The Balaban J connectivity index is 0.000000479. The molecule has 1 aliphatic rings. The molecule has 1 fully saturated rings. The van der Waals surface area contributed by atoms with Gasteiger partial charge in [-0.2, -0.15) is 13.2 Å². The lowest BCUT2D eigenvalue weighted by Gasteiger charge is -2.36. The Morgan fingerprint density at radius 3 is 2.03 bits per heavy atom. The van der Waals surface area contributed by atoms with Crippen LogP contribution in [0.3, 0.4) is 0 Å². The second kappa shape index (κ2) is 11.3. The number of anilines is 2. The zero-order chi connectivity index (χ0) is 24.6. The van der Waals surface area contributed by atoms with E-state index in [4.69, 9.17) is 9.90 Å². The topological polar surface area (TPSA) is 110 Å². The fourth-order valence-electron chi connectivity index (χ4n) is 3.16. The number of carboxylic acids is 2. The van der Waals surface area contributed by atoms with Crippen LogP contribution in [0.5, 0.6) is 0 Å². The molecule has 33 heavy (non-hydrogen) atoms. The van der Waals surface area contributed by atoms with Crippen LogP contribution in [0.1, 0.15) is 27.6 Å². The number of carbonyl (C=O) groups excluding carboxylic acids is 1. The number of aliphatic carboxylic acids is 1. The van der Waals surface area contributed by atoms with Gasteiger partial charge in [0.05, 0.1) is 11.3 Å². The minimum absolute atomic E-state index is 0.209. The summed E-state index contributed by atoms with van der Waals surface area (Å²) in [7, 11) is 0. The van der Waals surface area contributed by atoms with Gasteiger partial charge in [-0.1, -0.05) is 25.1 Å². The van der Waals surface area contributed by atoms with Crippen LogP contribution in [0.25, 0.3) is 0 Å². The summed E-state index contributed by atoms with van der Waals surface area (Å²) in [6, 6.07) is 13.9. The highest BCUT2D eigenvalue weighted by Gasteiger charge is 2.38. The smallest absolute Gasteiger partial charge is 0.478 e. The Morgan fingerprint density at radius 2 is 1.55 bits per heavy atom. The fourth-order valence-corrected chi connectivity index (χ4v) is 3.16. The number of likely N-dealkylation sites (N-methyl/N-ethyl adjacent to an activating group) is 1. The second-order valence-electron chi connectivity index (χ2n) is 7.08. The van der Waals surface area contributed by atoms with Gasteiger partial charge in [-0.3, -0.25) is 4.79 Å². The van der Waals surface area contributed by atoms with Crippen molar-refractivity contribution in [3.8, 4) is 0 Å². The number of nitrogens with one attached hydrogen (secondary N) is 1. The molecule has 0 unspecified atom stereocenters. The first-order valence-corrected chi connectivity index (χ1v) is 10.0. The molecule has 3 N–H and O–H groups in total. The van der Waals surface area contributed by atoms with Crippen LogP contribution < -0.4 is 10.2 Å². The van der Waals surface area contributed by atoms with Gasteiger partial charge in [0, 0.05) is 37.4 Å². The quantitative estimate of drug-likeness (QED) is 0.618. The molecule has 1 amide bonds. The van der Waals surface area contributed by atoms with Crippen molar-refractivity contribution in [3.05, 3.63) is 59.7 Å². The zero-order valence-corrected chi connectivity index (χ0v) is 17.8. The van der Waals surface area contributed by atoms with E-state index in [-0.39, 0.29) is 11.5 Å². The summed E-state index contributed by atoms with van der Waals surface area (Å²) < 4.78 is 31.7. The third-order valence-electron chi connectivity index (χ3n) is 4.92. The highest BCUT2D eigenvalue weighted by molar-refractivity contribution is 6.05. The highest BCUT2D eigenvalue weighted by Crippen LogP contribution is 2.26. The number of hydrogen-bond acceptors (Lipinski definition) is 5. The van der Waals surface area contributed by atoms with Crippen LogP contribution in [0, 0.1) is 0 Å². The molecule has 0 radical (unpaired) electrons. The van der Waals surface area contributed by atoms with Gasteiger partial charge in [0.2, 0.25) is 0 Å². The van der Waals surface area contributed by atoms with Crippen LogP contribution in [0.15, 0.2) is 48.5 Å². The first-order chi connectivity index (χ1) is 15.5. The number of aromatic carboxylic acids is 1. The van der Waals surface area contributed by atoms with Crippen molar-refractivity contribution >= 4 is 29.2 Å². The predicted octanol–water partition coefficient (Wildman–Crippen LogP) is 3.41. The van der Waals surface area contributed by atoms with Crippen molar-refractivity contribution in [1.82, 2.24) is 4.90 Å². The lowest BCUT2D eigenvalue weighted by Crippen LogP contribution is -2.46. The van der Waals surface area contributed by atoms with Gasteiger partial charge < -0.3 is 25.3 Å². The summed E-state index contributed by atoms with van der Waals surface area (Å²) in [4.78, 5) is 37.3. The molecule has 1 saturated heterocycles. The fraction of sp³-hybridized carbons (Fsp3) is 0.318. The van der Waals surface area contributed by atoms with E-state index in [2.05, 4.69) is 22.0 Å². The summed E-state index contributed by atoms with van der Waals surface area (Å²) in [5.74, 6) is -4.01. The average molecular weight is 467 g/mol. The molecular weight excluding hydrogens is 443 g/mol. The van der Waals surface area contributed by atoms with E-state index in [1.165, 1.54) is 6.07 Å². The molecule has 2 aromatic rings. The van der Waals surface area contributed by atoms with E-state index in [1.54, 1.807) is 36.4 Å². The molecule has 0 aromatic heterocycles. The molecular formula is C22H24F3N3O5. The monoisotopic (exact) mass is 467 g/mol. The number of amides is 1. The molecule has 1 aliphatic heterocycles. The predicted molar refractivity (Wildman–Crippen MR) is 116 cm³/mol. The molecule has 0 spiro atoms. The number of nitrogens with zero attached hydrogens (tertiary/aromatic N) is 2. The van der Waals surface area contributed by atoms with Gasteiger partial charge in [0.1, 0.15) is 0 Å². The minimum atomic E-state index is -5.08. The van der Waals surface area contributed by atoms with E-state index in [1.807, 2.05) is 6.07 Å². The molecule has 0 saturated carbocycles. The maximum absolute atomic E-state index is 12.3. The summed E-state index contributed by atoms with van der Waals surface area (Å²) in [6.45, 7) is 6.56. The van der Waals surface area contributed by atoms with Crippen molar-refractivity contribution in [1.29, 1.82) is 0 Å². The Hall–Kier alpha value is -3.60. The van der Waals surface area contributed by atoms with E-state index < -0.39 is 18.1 Å². The normalized spacial score (nSPS) is 14.1. The van der Waals surface area contributed by atoms with Gasteiger partial charge in [-0.05, 0) is 36.9 Å². The molecule has 178 valence electrons.